The van der Waals surface area contributed by atoms with Crippen LogP contribution in [-0.4, -0.2) is 35.5 Å². The molecule has 1 aromatic heterocycles. The Morgan fingerprint density at radius 1 is 1.36 bits per heavy atom. The number of aryl methyl sites for hydroxylation is 1. The van der Waals surface area contributed by atoms with Gasteiger partial charge in [-0.2, -0.15) is 0 Å². The number of fused-ring (bicyclic) bond motifs is 1. The van der Waals surface area contributed by atoms with Gasteiger partial charge in [0.25, 0.3) is 0 Å². The Labute approximate surface area is 149 Å². The summed E-state index contributed by atoms with van der Waals surface area (Å²) in [5.74, 6) is 0.940. The molecule has 0 spiro atoms. The second-order valence-electron chi connectivity index (χ2n) is 6.45. The Balaban J connectivity index is 1.62. The van der Waals surface area contributed by atoms with Gasteiger partial charge in [-0.25, -0.2) is 0 Å². The van der Waals surface area contributed by atoms with Gasteiger partial charge < -0.3 is 10.1 Å². The van der Waals surface area contributed by atoms with Crippen LogP contribution in [0.15, 0.2) is 42.6 Å². The van der Waals surface area contributed by atoms with E-state index in [2.05, 4.69) is 28.2 Å². The highest BCUT2D eigenvalue weighted by Gasteiger charge is 2.19. The number of pyridine rings is 1. The van der Waals surface area contributed by atoms with E-state index in [9.17, 15) is 4.79 Å². The summed E-state index contributed by atoms with van der Waals surface area (Å²) in [6, 6.07) is 12.0. The molecule has 3 rings (SSSR count). The maximum absolute atomic E-state index is 12.5. The number of para-hydroxylation sites is 1. The van der Waals surface area contributed by atoms with Gasteiger partial charge in [-0.15, -0.1) is 0 Å². The first-order chi connectivity index (χ1) is 12.2. The average Bonchev–Trinajstić information content (AvgIpc) is 2.81. The Hall–Kier alpha value is -2.40. The van der Waals surface area contributed by atoms with Crippen molar-refractivity contribution in [3.8, 4) is 5.75 Å². The van der Waals surface area contributed by atoms with Gasteiger partial charge >= 0.3 is 0 Å². The van der Waals surface area contributed by atoms with Crippen LogP contribution in [0.25, 0.3) is 0 Å². The molecule has 1 N–H and O–H groups in total. The first-order valence-corrected chi connectivity index (χ1v) is 8.80. The molecule has 5 nitrogen and oxygen atoms in total. The van der Waals surface area contributed by atoms with Crippen molar-refractivity contribution in [1.29, 1.82) is 0 Å². The van der Waals surface area contributed by atoms with Crippen LogP contribution in [0.1, 0.15) is 36.2 Å². The van der Waals surface area contributed by atoms with Crippen molar-refractivity contribution in [3.63, 3.8) is 0 Å². The molecule has 0 saturated carbocycles. The zero-order chi connectivity index (χ0) is 17.6. The number of nitrogens with one attached hydrogen (secondary N) is 1. The Kier molecular flexibility index (Phi) is 5.66. The number of hydrogen-bond donors (Lipinski definition) is 1. The molecule has 25 heavy (non-hydrogen) atoms. The largest absolute Gasteiger partial charge is 0.492 e. The van der Waals surface area contributed by atoms with Crippen LogP contribution in [0.5, 0.6) is 5.75 Å². The molecule has 0 saturated heterocycles. The number of rotatable bonds is 5. The average molecular weight is 339 g/mol. The smallest absolute Gasteiger partial charge is 0.234 e. The van der Waals surface area contributed by atoms with Crippen molar-refractivity contribution >= 4 is 5.91 Å². The van der Waals surface area contributed by atoms with E-state index in [1.807, 2.05) is 37.3 Å². The fraction of sp³-hybridized carbons (Fsp3) is 0.400. The molecular weight excluding hydrogens is 314 g/mol. The summed E-state index contributed by atoms with van der Waals surface area (Å²) >= 11 is 0. The standard InChI is InChI=1S/C20H25N3O2/c1-3-17(18-12-15(2)8-9-21-18)22-20(24)14-23-10-11-25-19-7-5-4-6-16(19)13-23/h4-9,12,17H,3,10-11,13-14H2,1-2H3,(H,22,24). The van der Waals surface area contributed by atoms with Crippen LogP contribution in [0, 0.1) is 6.92 Å². The molecule has 0 radical (unpaired) electrons. The summed E-state index contributed by atoms with van der Waals surface area (Å²) in [5, 5.41) is 3.12. The van der Waals surface area contributed by atoms with E-state index < -0.39 is 0 Å². The first-order valence-electron chi connectivity index (χ1n) is 8.80. The van der Waals surface area contributed by atoms with Crippen molar-refractivity contribution in [3.05, 3.63) is 59.4 Å². The van der Waals surface area contributed by atoms with Crippen LogP contribution in [0.2, 0.25) is 0 Å². The zero-order valence-corrected chi connectivity index (χ0v) is 14.9. The summed E-state index contributed by atoms with van der Waals surface area (Å²) in [7, 11) is 0. The van der Waals surface area contributed by atoms with Crippen molar-refractivity contribution < 1.29 is 9.53 Å². The number of nitrogens with zero attached hydrogens (tertiary/aromatic N) is 2. The molecule has 1 aliphatic rings. The van der Waals surface area contributed by atoms with Crippen molar-refractivity contribution in [2.45, 2.75) is 32.9 Å². The van der Waals surface area contributed by atoms with Gasteiger partial charge in [-0.1, -0.05) is 25.1 Å². The monoisotopic (exact) mass is 339 g/mol. The van der Waals surface area contributed by atoms with Gasteiger partial charge in [0.1, 0.15) is 12.4 Å². The molecule has 132 valence electrons. The quantitative estimate of drug-likeness (QED) is 0.910. The highest BCUT2D eigenvalue weighted by atomic mass is 16.5. The van der Waals surface area contributed by atoms with Gasteiger partial charge in [0.2, 0.25) is 5.91 Å². The van der Waals surface area contributed by atoms with Crippen LogP contribution in [0.4, 0.5) is 0 Å². The highest BCUT2D eigenvalue weighted by molar-refractivity contribution is 5.78. The molecule has 5 heteroatoms. The number of aromatic nitrogens is 1. The lowest BCUT2D eigenvalue weighted by Crippen LogP contribution is -2.39. The van der Waals surface area contributed by atoms with Crippen LogP contribution < -0.4 is 10.1 Å². The second kappa shape index (κ2) is 8.12. The van der Waals surface area contributed by atoms with E-state index in [0.717, 1.165) is 42.1 Å². The number of carbonyl (C=O) groups is 1. The Morgan fingerprint density at radius 3 is 3.00 bits per heavy atom. The van der Waals surface area contributed by atoms with Crippen molar-refractivity contribution in [1.82, 2.24) is 15.2 Å². The van der Waals surface area contributed by atoms with Gasteiger partial charge in [-0.05, 0) is 37.1 Å². The summed E-state index contributed by atoms with van der Waals surface area (Å²) < 4.78 is 5.76. The van der Waals surface area contributed by atoms with Gasteiger partial charge in [0.05, 0.1) is 18.3 Å². The number of carbonyl (C=O) groups excluding carboxylic acids is 1. The summed E-state index contributed by atoms with van der Waals surface area (Å²) in [4.78, 5) is 19.1. The molecule has 1 aromatic carbocycles. The third-order valence-corrected chi connectivity index (χ3v) is 4.44. The zero-order valence-electron chi connectivity index (χ0n) is 14.9. The number of ether oxygens (including phenoxy) is 1. The van der Waals surface area contributed by atoms with Gasteiger partial charge in [0.15, 0.2) is 0 Å². The maximum Gasteiger partial charge on any atom is 0.234 e. The third kappa shape index (κ3) is 4.57. The number of hydrogen-bond acceptors (Lipinski definition) is 4. The van der Waals surface area contributed by atoms with Crippen LogP contribution in [-0.2, 0) is 11.3 Å². The molecular formula is C20H25N3O2. The molecule has 1 aliphatic heterocycles. The van der Waals surface area contributed by atoms with Crippen LogP contribution >= 0.6 is 0 Å². The molecule has 1 unspecified atom stereocenters. The first kappa shape index (κ1) is 17.4. The minimum absolute atomic E-state index is 0.0227. The summed E-state index contributed by atoms with van der Waals surface area (Å²) in [5.41, 5.74) is 3.19. The minimum Gasteiger partial charge on any atom is -0.492 e. The molecule has 2 aromatic rings. The van der Waals surface area contributed by atoms with E-state index in [0.29, 0.717) is 13.2 Å². The molecule has 0 bridgehead atoms. The van der Waals surface area contributed by atoms with Crippen molar-refractivity contribution in [2.24, 2.45) is 0 Å². The fourth-order valence-electron chi connectivity index (χ4n) is 3.09. The lowest BCUT2D eigenvalue weighted by Gasteiger charge is -2.22. The molecule has 1 amide bonds. The van der Waals surface area contributed by atoms with E-state index >= 15 is 0 Å². The molecule has 2 heterocycles. The lowest BCUT2D eigenvalue weighted by molar-refractivity contribution is -0.123. The van der Waals surface area contributed by atoms with E-state index in [4.69, 9.17) is 4.74 Å². The number of amides is 1. The Morgan fingerprint density at radius 2 is 2.20 bits per heavy atom. The highest BCUT2D eigenvalue weighted by Crippen LogP contribution is 2.22. The maximum atomic E-state index is 12.5. The predicted molar refractivity (Wildman–Crippen MR) is 97.4 cm³/mol. The van der Waals surface area contributed by atoms with E-state index in [1.165, 1.54) is 0 Å². The number of benzene rings is 1. The Bertz CT molecular complexity index is 732. The SMILES string of the molecule is CCC(NC(=O)CN1CCOc2ccccc2C1)c1cc(C)ccn1. The second-order valence-corrected chi connectivity index (χ2v) is 6.45. The third-order valence-electron chi connectivity index (χ3n) is 4.44. The van der Waals surface area contributed by atoms with E-state index in [-0.39, 0.29) is 11.9 Å². The van der Waals surface area contributed by atoms with Crippen LogP contribution in [0.3, 0.4) is 0 Å². The predicted octanol–water partition coefficient (Wildman–Crippen LogP) is 2.85. The van der Waals surface area contributed by atoms with Gasteiger partial charge in [-0.3, -0.25) is 14.7 Å². The van der Waals surface area contributed by atoms with Gasteiger partial charge in [0, 0.05) is 24.8 Å². The summed E-state index contributed by atoms with van der Waals surface area (Å²) in [6.45, 7) is 6.52. The minimum atomic E-state index is -0.0529. The summed E-state index contributed by atoms with van der Waals surface area (Å²) in [6.07, 6.45) is 2.61. The molecule has 0 aliphatic carbocycles. The fourth-order valence-corrected chi connectivity index (χ4v) is 3.09. The molecule has 1 atom stereocenters. The normalized spacial score (nSPS) is 15.6. The topological polar surface area (TPSA) is 54.5 Å². The van der Waals surface area contributed by atoms with E-state index in [1.54, 1.807) is 6.20 Å². The lowest BCUT2D eigenvalue weighted by atomic mass is 10.1. The molecule has 0 fully saturated rings. The van der Waals surface area contributed by atoms with Crippen molar-refractivity contribution in [2.75, 3.05) is 19.7 Å².